The van der Waals surface area contributed by atoms with Gasteiger partial charge in [-0.1, -0.05) is 0 Å². The van der Waals surface area contributed by atoms with Gasteiger partial charge in [-0.2, -0.15) is 0 Å². The average Bonchev–Trinajstić information content (AvgIpc) is 3.13. The number of ether oxygens (including phenoxy) is 1. The van der Waals surface area contributed by atoms with Crippen molar-refractivity contribution in [1.82, 2.24) is 15.1 Å². The zero-order valence-corrected chi connectivity index (χ0v) is 14.8. The molecule has 2 aliphatic heterocycles. The van der Waals surface area contributed by atoms with Crippen LogP contribution in [0.3, 0.4) is 0 Å². The van der Waals surface area contributed by atoms with Crippen molar-refractivity contribution < 1.29 is 14.3 Å². The Labute approximate surface area is 144 Å². The summed E-state index contributed by atoms with van der Waals surface area (Å²) in [7, 11) is 2.10. The summed E-state index contributed by atoms with van der Waals surface area (Å²) in [6.07, 6.45) is 5.71. The van der Waals surface area contributed by atoms with E-state index in [9.17, 15) is 9.59 Å². The van der Waals surface area contributed by atoms with Crippen LogP contribution in [0.25, 0.3) is 0 Å². The fourth-order valence-electron chi connectivity index (χ4n) is 4.05. The second-order valence-corrected chi connectivity index (χ2v) is 7.56. The van der Waals surface area contributed by atoms with Crippen molar-refractivity contribution in [2.24, 2.45) is 11.8 Å². The summed E-state index contributed by atoms with van der Waals surface area (Å²) in [5.41, 5.74) is 0. The highest BCUT2D eigenvalue weighted by atomic mass is 16.5. The fraction of sp³-hybridized carbons (Fsp3) is 0.889. The number of nitrogens with one attached hydrogen (secondary N) is 1. The largest absolute Gasteiger partial charge is 0.376 e. The third kappa shape index (κ3) is 4.48. The summed E-state index contributed by atoms with van der Waals surface area (Å²) < 4.78 is 5.55. The molecule has 0 bridgehead atoms. The normalized spacial score (nSPS) is 31.9. The first-order chi connectivity index (χ1) is 11.6. The van der Waals surface area contributed by atoms with Gasteiger partial charge in [-0.15, -0.1) is 0 Å². The van der Waals surface area contributed by atoms with Crippen LogP contribution < -0.4 is 5.32 Å². The Balaban J connectivity index is 1.38. The average molecular weight is 337 g/mol. The van der Waals surface area contributed by atoms with E-state index in [2.05, 4.69) is 17.3 Å². The van der Waals surface area contributed by atoms with E-state index in [4.69, 9.17) is 4.74 Å². The maximum absolute atomic E-state index is 12.6. The standard InChI is InChI=1S/C18H31N3O3/c1-20-8-10-21(11-9-20)18(23)15-6-4-14(5-7-15)17(22)19-13-16-3-2-12-24-16/h14-16H,2-13H2,1H3,(H,19,22). The summed E-state index contributed by atoms with van der Waals surface area (Å²) in [4.78, 5) is 29.2. The molecule has 1 N–H and O–H groups in total. The topological polar surface area (TPSA) is 61.9 Å². The molecular weight excluding hydrogens is 306 g/mol. The Bertz CT molecular complexity index is 435. The lowest BCUT2D eigenvalue weighted by Gasteiger charge is -2.36. The highest BCUT2D eigenvalue weighted by molar-refractivity contribution is 5.81. The van der Waals surface area contributed by atoms with Crippen LogP contribution in [0.1, 0.15) is 38.5 Å². The molecule has 1 saturated carbocycles. The molecule has 2 saturated heterocycles. The first-order valence-corrected chi connectivity index (χ1v) is 9.50. The first kappa shape index (κ1) is 17.7. The number of carbonyl (C=O) groups excluding carboxylic acids is 2. The smallest absolute Gasteiger partial charge is 0.225 e. The Morgan fingerprint density at radius 2 is 1.67 bits per heavy atom. The summed E-state index contributed by atoms with van der Waals surface area (Å²) in [6.45, 7) is 5.08. The number of hydrogen-bond acceptors (Lipinski definition) is 4. The van der Waals surface area contributed by atoms with Gasteiger partial charge in [0.1, 0.15) is 0 Å². The number of piperazine rings is 1. The summed E-state index contributed by atoms with van der Waals surface area (Å²) in [5.74, 6) is 0.649. The van der Waals surface area contributed by atoms with Gasteiger partial charge in [0.15, 0.2) is 0 Å². The predicted molar refractivity (Wildman–Crippen MR) is 91.5 cm³/mol. The Kier molecular flexibility index (Phi) is 6.11. The minimum absolute atomic E-state index is 0.0722. The van der Waals surface area contributed by atoms with Crippen molar-refractivity contribution in [1.29, 1.82) is 0 Å². The fourth-order valence-corrected chi connectivity index (χ4v) is 4.05. The van der Waals surface area contributed by atoms with Crippen molar-refractivity contribution in [3.63, 3.8) is 0 Å². The second-order valence-electron chi connectivity index (χ2n) is 7.56. The van der Waals surface area contributed by atoms with E-state index < -0.39 is 0 Å². The van der Waals surface area contributed by atoms with Gasteiger partial charge in [-0.05, 0) is 45.6 Å². The summed E-state index contributed by atoms with van der Waals surface area (Å²) in [5, 5.41) is 3.04. The van der Waals surface area contributed by atoms with Crippen LogP contribution in [0, 0.1) is 11.8 Å². The van der Waals surface area contributed by atoms with E-state index in [1.165, 1.54) is 0 Å². The lowest BCUT2D eigenvalue weighted by atomic mass is 9.80. The van der Waals surface area contributed by atoms with Gasteiger partial charge < -0.3 is 19.9 Å². The molecular formula is C18H31N3O3. The lowest BCUT2D eigenvalue weighted by Crippen LogP contribution is -2.49. The number of nitrogens with zero attached hydrogens (tertiary/aromatic N) is 2. The molecule has 6 nitrogen and oxygen atoms in total. The molecule has 2 heterocycles. The first-order valence-electron chi connectivity index (χ1n) is 9.50. The number of carbonyl (C=O) groups is 2. The maximum Gasteiger partial charge on any atom is 0.225 e. The monoisotopic (exact) mass is 337 g/mol. The molecule has 3 fully saturated rings. The van der Waals surface area contributed by atoms with Crippen molar-refractivity contribution in [3.8, 4) is 0 Å². The minimum atomic E-state index is 0.0722. The van der Waals surface area contributed by atoms with E-state index in [1.54, 1.807) is 0 Å². The molecule has 0 radical (unpaired) electrons. The molecule has 0 spiro atoms. The van der Waals surface area contributed by atoms with Crippen LogP contribution in [-0.4, -0.2) is 74.1 Å². The molecule has 24 heavy (non-hydrogen) atoms. The van der Waals surface area contributed by atoms with Crippen molar-refractivity contribution in [2.45, 2.75) is 44.6 Å². The minimum Gasteiger partial charge on any atom is -0.376 e. The molecule has 136 valence electrons. The third-order valence-electron chi connectivity index (χ3n) is 5.79. The Morgan fingerprint density at radius 3 is 2.29 bits per heavy atom. The number of likely N-dealkylation sites (N-methyl/N-ethyl adjacent to an activating group) is 1. The zero-order valence-electron chi connectivity index (χ0n) is 14.8. The van der Waals surface area contributed by atoms with Crippen LogP contribution in [0.2, 0.25) is 0 Å². The summed E-state index contributed by atoms with van der Waals surface area (Å²) in [6, 6.07) is 0. The van der Waals surface area contributed by atoms with E-state index in [0.29, 0.717) is 12.5 Å². The molecule has 0 aromatic rings. The second kappa shape index (κ2) is 8.30. The van der Waals surface area contributed by atoms with Crippen LogP contribution in [-0.2, 0) is 14.3 Å². The van der Waals surface area contributed by atoms with Crippen LogP contribution in [0.15, 0.2) is 0 Å². The molecule has 1 unspecified atom stereocenters. The lowest BCUT2D eigenvalue weighted by molar-refractivity contribution is -0.139. The molecule has 0 aromatic heterocycles. The van der Waals surface area contributed by atoms with Crippen molar-refractivity contribution in [2.75, 3.05) is 46.4 Å². The predicted octanol–water partition coefficient (Wildman–Crippen LogP) is 0.862. The van der Waals surface area contributed by atoms with Gasteiger partial charge in [-0.25, -0.2) is 0 Å². The molecule has 1 atom stereocenters. The molecule has 3 rings (SSSR count). The molecule has 0 aromatic carbocycles. The number of rotatable bonds is 4. The SMILES string of the molecule is CN1CCN(C(=O)C2CCC(C(=O)NCC3CCCO3)CC2)CC1. The highest BCUT2D eigenvalue weighted by Crippen LogP contribution is 2.30. The van der Waals surface area contributed by atoms with E-state index in [-0.39, 0.29) is 23.8 Å². The number of amides is 2. The quantitative estimate of drug-likeness (QED) is 0.827. The van der Waals surface area contributed by atoms with Gasteiger partial charge in [0, 0.05) is 51.2 Å². The Hall–Kier alpha value is -1.14. The molecule has 2 amide bonds. The van der Waals surface area contributed by atoms with Gasteiger partial charge >= 0.3 is 0 Å². The van der Waals surface area contributed by atoms with Crippen molar-refractivity contribution >= 4 is 11.8 Å². The van der Waals surface area contributed by atoms with Crippen LogP contribution in [0.4, 0.5) is 0 Å². The van der Waals surface area contributed by atoms with Crippen molar-refractivity contribution in [3.05, 3.63) is 0 Å². The van der Waals surface area contributed by atoms with Crippen LogP contribution >= 0.6 is 0 Å². The number of hydrogen-bond donors (Lipinski definition) is 1. The van der Waals surface area contributed by atoms with Gasteiger partial charge in [-0.3, -0.25) is 9.59 Å². The maximum atomic E-state index is 12.6. The highest BCUT2D eigenvalue weighted by Gasteiger charge is 2.33. The molecule has 3 aliphatic rings. The summed E-state index contributed by atoms with van der Waals surface area (Å²) >= 11 is 0. The van der Waals surface area contributed by atoms with E-state index in [1.807, 2.05) is 4.90 Å². The van der Waals surface area contributed by atoms with E-state index in [0.717, 1.165) is 71.3 Å². The van der Waals surface area contributed by atoms with Gasteiger partial charge in [0.2, 0.25) is 11.8 Å². The molecule has 6 heteroatoms. The van der Waals surface area contributed by atoms with Gasteiger partial charge in [0.05, 0.1) is 6.10 Å². The molecule has 1 aliphatic carbocycles. The Morgan fingerprint density at radius 1 is 1.00 bits per heavy atom. The zero-order chi connectivity index (χ0) is 16.9. The third-order valence-corrected chi connectivity index (χ3v) is 5.79. The van der Waals surface area contributed by atoms with Crippen LogP contribution in [0.5, 0.6) is 0 Å². The van der Waals surface area contributed by atoms with Gasteiger partial charge in [0.25, 0.3) is 0 Å². The van der Waals surface area contributed by atoms with E-state index >= 15 is 0 Å².